The summed E-state index contributed by atoms with van der Waals surface area (Å²) < 4.78 is 49.8. The molecule has 0 aromatic carbocycles. The number of carbonyl (C=O) groups is 1. The first kappa shape index (κ1) is 13.1. The van der Waals surface area contributed by atoms with Crippen molar-refractivity contribution in [2.24, 2.45) is 0 Å². The van der Waals surface area contributed by atoms with Gasteiger partial charge in [-0.25, -0.2) is 9.18 Å². The molecule has 1 radical (unpaired) electrons. The zero-order chi connectivity index (χ0) is 12.3. The van der Waals surface area contributed by atoms with Crippen LogP contribution in [0.4, 0.5) is 4.39 Å². The minimum atomic E-state index is -5.01. The first-order valence-electron chi connectivity index (χ1n) is 4.28. The van der Waals surface area contributed by atoms with Gasteiger partial charge in [-0.05, 0) is 6.42 Å². The summed E-state index contributed by atoms with van der Waals surface area (Å²) in [5.41, 5.74) is 0. The largest absolute Gasteiger partial charge is 0.461 e. The summed E-state index contributed by atoms with van der Waals surface area (Å²) in [6.45, 7) is 1.82. The molecular formula is C8H8FO5S2. The third-order valence-electron chi connectivity index (χ3n) is 1.58. The molecule has 0 saturated heterocycles. The zero-order valence-electron chi connectivity index (χ0n) is 8.23. The molecule has 89 valence electrons. The molecule has 0 N–H and O–H groups in total. The monoisotopic (exact) mass is 267 g/mol. The van der Waals surface area contributed by atoms with Gasteiger partial charge in [-0.2, -0.15) is 8.42 Å². The maximum absolute atomic E-state index is 13.0. The van der Waals surface area contributed by atoms with Crippen LogP contribution < -0.4 is 0 Å². The molecule has 0 saturated carbocycles. The Morgan fingerprint density at radius 2 is 2.19 bits per heavy atom. The fourth-order valence-electron chi connectivity index (χ4n) is 0.960. The number of thiophene rings is 1. The Kier molecular flexibility index (Phi) is 4.00. The van der Waals surface area contributed by atoms with Gasteiger partial charge in [-0.3, -0.25) is 0 Å². The molecule has 1 heterocycles. The standard InChI is InChI=1S/C8H8FO5S2/c1-2-3-14-8(10)6-7(16(11,12)13)5(9)4-15-6/h4H,2-3H2,1H3. The number of halogens is 1. The Morgan fingerprint density at radius 3 is 2.69 bits per heavy atom. The minimum absolute atomic E-state index is 0.0801. The Morgan fingerprint density at radius 1 is 1.56 bits per heavy atom. The van der Waals surface area contributed by atoms with E-state index in [1.165, 1.54) is 0 Å². The van der Waals surface area contributed by atoms with Gasteiger partial charge >= 0.3 is 16.1 Å². The number of ether oxygens (including phenoxy) is 1. The number of hydrogen-bond acceptors (Lipinski definition) is 5. The molecule has 0 fully saturated rings. The molecule has 0 aliphatic rings. The fraction of sp³-hybridized carbons (Fsp3) is 0.375. The number of hydrogen-bond donors (Lipinski definition) is 0. The van der Waals surface area contributed by atoms with Gasteiger partial charge in [0.15, 0.2) is 10.7 Å². The van der Waals surface area contributed by atoms with E-state index in [1.54, 1.807) is 6.92 Å². The molecule has 0 atom stereocenters. The predicted octanol–water partition coefficient (Wildman–Crippen LogP) is 1.57. The quantitative estimate of drug-likeness (QED) is 0.775. The minimum Gasteiger partial charge on any atom is -0.461 e. The van der Waals surface area contributed by atoms with E-state index in [4.69, 9.17) is 0 Å². The molecule has 8 heteroatoms. The second kappa shape index (κ2) is 4.89. The highest BCUT2D eigenvalue weighted by atomic mass is 32.2. The van der Waals surface area contributed by atoms with Crippen molar-refractivity contribution < 1.29 is 26.9 Å². The van der Waals surface area contributed by atoms with Gasteiger partial charge in [0.2, 0.25) is 0 Å². The van der Waals surface area contributed by atoms with Crippen molar-refractivity contribution >= 4 is 27.4 Å². The SMILES string of the molecule is CCCOC(=O)c1scc(F)c1S([O])(=O)=O. The molecule has 0 bridgehead atoms. The van der Waals surface area contributed by atoms with E-state index in [1.807, 2.05) is 0 Å². The molecule has 16 heavy (non-hydrogen) atoms. The van der Waals surface area contributed by atoms with Crippen LogP contribution in [0.15, 0.2) is 10.3 Å². The van der Waals surface area contributed by atoms with Crippen LogP contribution in [0.3, 0.4) is 0 Å². The number of rotatable bonds is 4. The molecular weight excluding hydrogens is 259 g/mol. The van der Waals surface area contributed by atoms with Crippen molar-refractivity contribution in [1.82, 2.24) is 0 Å². The third-order valence-corrected chi connectivity index (χ3v) is 3.54. The van der Waals surface area contributed by atoms with Crippen LogP contribution in [0, 0.1) is 5.82 Å². The van der Waals surface area contributed by atoms with Crippen LogP contribution in [-0.2, 0) is 19.4 Å². The topological polar surface area (TPSA) is 80.3 Å². The molecule has 0 amide bonds. The van der Waals surface area contributed by atoms with Gasteiger partial charge in [-0.15, -0.1) is 11.3 Å². The average Bonchev–Trinajstić information content (AvgIpc) is 2.56. The van der Waals surface area contributed by atoms with Gasteiger partial charge in [0.1, 0.15) is 4.88 Å². The summed E-state index contributed by atoms with van der Waals surface area (Å²) in [7, 11) is -5.01. The lowest BCUT2D eigenvalue weighted by molar-refractivity contribution is 0.0505. The van der Waals surface area contributed by atoms with Gasteiger partial charge in [0.05, 0.1) is 6.61 Å². The molecule has 0 spiro atoms. The third kappa shape index (κ3) is 2.77. The summed E-state index contributed by atoms with van der Waals surface area (Å²) in [6.07, 6.45) is 0.541. The van der Waals surface area contributed by atoms with Crippen molar-refractivity contribution in [3.63, 3.8) is 0 Å². The van der Waals surface area contributed by atoms with E-state index >= 15 is 0 Å². The second-order valence-corrected chi connectivity index (χ2v) is 5.03. The number of esters is 1. The lowest BCUT2D eigenvalue weighted by atomic mass is 10.4. The van der Waals surface area contributed by atoms with Crippen LogP contribution in [0.2, 0.25) is 0 Å². The average molecular weight is 267 g/mol. The highest BCUT2D eigenvalue weighted by Crippen LogP contribution is 2.26. The Hall–Kier alpha value is -0.990. The van der Waals surface area contributed by atoms with Crippen LogP contribution in [0.5, 0.6) is 0 Å². The molecule has 0 unspecified atom stereocenters. The van der Waals surface area contributed by atoms with E-state index in [-0.39, 0.29) is 6.61 Å². The normalized spacial score (nSPS) is 11.4. The maximum atomic E-state index is 13.0. The molecule has 0 aliphatic heterocycles. The van der Waals surface area contributed by atoms with Gasteiger partial charge in [-0.1, -0.05) is 11.5 Å². The van der Waals surface area contributed by atoms with E-state index in [9.17, 15) is 22.2 Å². The molecule has 1 rings (SSSR count). The highest BCUT2D eigenvalue weighted by Gasteiger charge is 2.29. The van der Waals surface area contributed by atoms with E-state index < -0.39 is 31.7 Å². The molecule has 1 aromatic heterocycles. The second-order valence-electron chi connectivity index (χ2n) is 2.83. The van der Waals surface area contributed by atoms with Crippen LogP contribution in [0.25, 0.3) is 0 Å². The predicted molar refractivity (Wildman–Crippen MR) is 52.7 cm³/mol. The van der Waals surface area contributed by atoms with Gasteiger partial charge in [0, 0.05) is 5.38 Å². The lowest BCUT2D eigenvalue weighted by Gasteiger charge is -2.01. The van der Waals surface area contributed by atoms with Crippen LogP contribution in [0.1, 0.15) is 23.0 Å². The summed E-state index contributed by atoms with van der Waals surface area (Å²) in [4.78, 5) is 9.66. The highest BCUT2D eigenvalue weighted by molar-refractivity contribution is 7.85. The Bertz CT molecular complexity index is 491. The maximum Gasteiger partial charge on any atom is 0.349 e. The summed E-state index contributed by atoms with van der Waals surface area (Å²) >= 11 is 0.533. The molecule has 5 nitrogen and oxygen atoms in total. The van der Waals surface area contributed by atoms with Crippen LogP contribution in [-0.4, -0.2) is 21.0 Å². The summed E-state index contributed by atoms with van der Waals surface area (Å²) in [5.74, 6) is -2.21. The zero-order valence-corrected chi connectivity index (χ0v) is 9.86. The summed E-state index contributed by atoms with van der Waals surface area (Å²) in [6, 6.07) is 0. The van der Waals surface area contributed by atoms with Crippen molar-refractivity contribution in [3.05, 3.63) is 16.1 Å². The Labute approximate surface area is 95.6 Å². The van der Waals surface area contributed by atoms with Crippen molar-refractivity contribution in [1.29, 1.82) is 0 Å². The molecule has 1 aromatic rings. The number of carbonyl (C=O) groups excluding carboxylic acids is 1. The fourth-order valence-corrected chi connectivity index (χ4v) is 2.79. The summed E-state index contributed by atoms with van der Waals surface area (Å²) in [5, 5.41) is 0.785. The van der Waals surface area contributed by atoms with E-state index in [0.29, 0.717) is 17.8 Å². The van der Waals surface area contributed by atoms with Crippen molar-refractivity contribution in [2.75, 3.05) is 6.61 Å². The van der Waals surface area contributed by atoms with Gasteiger partial charge < -0.3 is 4.74 Å². The lowest BCUT2D eigenvalue weighted by Crippen LogP contribution is -2.09. The van der Waals surface area contributed by atoms with Crippen molar-refractivity contribution in [2.45, 2.75) is 18.2 Å². The van der Waals surface area contributed by atoms with E-state index in [2.05, 4.69) is 4.74 Å². The van der Waals surface area contributed by atoms with Crippen molar-refractivity contribution in [3.8, 4) is 0 Å². The Balaban J connectivity index is 3.11. The van der Waals surface area contributed by atoms with E-state index in [0.717, 1.165) is 5.38 Å². The molecule has 0 aliphatic carbocycles. The first-order valence-corrected chi connectivity index (χ1v) is 6.56. The van der Waals surface area contributed by atoms with Crippen LogP contribution >= 0.6 is 11.3 Å². The smallest absolute Gasteiger partial charge is 0.349 e. The first-order chi connectivity index (χ1) is 7.38. The van der Waals surface area contributed by atoms with Gasteiger partial charge in [0.25, 0.3) is 0 Å².